The zero-order valence-electron chi connectivity index (χ0n) is 7.59. The van der Waals surface area contributed by atoms with Crippen molar-refractivity contribution in [1.29, 1.82) is 0 Å². The molecule has 0 saturated carbocycles. The molecule has 1 heterocycles. The molecular formula is C8H16N2O2. The van der Waals surface area contributed by atoms with Gasteiger partial charge in [0.1, 0.15) is 6.04 Å². The molecule has 0 spiro atoms. The highest BCUT2D eigenvalue weighted by Gasteiger charge is 2.20. The van der Waals surface area contributed by atoms with Gasteiger partial charge in [0.15, 0.2) is 0 Å². The highest BCUT2D eigenvalue weighted by Crippen LogP contribution is 1.99. The van der Waals surface area contributed by atoms with E-state index < -0.39 is 0 Å². The molecular weight excluding hydrogens is 156 g/mol. The fourth-order valence-electron chi connectivity index (χ4n) is 1.40. The van der Waals surface area contributed by atoms with E-state index in [1.165, 1.54) is 7.11 Å². The summed E-state index contributed by atoms with van der Waals surface area (Å²) in [6.07, 6.45) is 1.08. The molecule has 70 valence electrons. The van der Waals surface area contributed by atoms with E-state index in [9.17, 15) is 4.79 Å². The monoisotopic (exact) mass is 172 g/mol. The largest absolute Gasteiger partial charge is 0.468 e. The average molecular weight is 172 g/mol. The van der Waals surface area contributed by atoms with Crippen LogP contribution in [0.3, 0.4) is 0 Å². The van der Waals surface area contributed by atoms with Crippen molar-refractivity contribution in [2.45, 2.75) is 25.4 Å². The van der Waals surface area contributed by atoms with Gasteiger partial charge in [-0.1, -0.05) is 0 Å². The lowest BCUT2D eigenvalue weighted by Gasteiger charge is -2.16. The molecule has 1 rings (SSSR count). The van der Waals surface area contributed by atoms with E-state index in [2.05, 4.69) is 15.4 Å². The van der Waals surface area contributed by atoms with Crippen LogP contribution in [0.4, 0.5) is 0 Å². The number of hydrogen-bond acceptors (Lipinski definition) is 4. The summed E-state index contributed by atoms with van der Waals surface area (Å²) in [6, 6.07) is 0.221. The van der Waals surface area contributed by atoms with Crippen molar-refractivity contribution in [2.24, 2.45) is 0 Å². The highest BCUT2D eigenvalue weighted by molar-refractivity contribution is 5.75. The third-order valence-electron chi connectivity index (χ3n) is 2.10. The molecule has 0 aromatic heterocycles. The van der Waals surface area contributed by atoms with Crippen LogP contribution in [0.15, 0.2) is 0 Å². The van der Waals surface area contributed by atoms with Gasteiger partial charge in [0.2, 0.25) is 0 Å². The SMILES string of the molecule is COC(=O)C(C)NC1CCNC1. The fourth-order valence-corrected chi connectivity index (χ4v) is 1.40. The first-order chi connectivity index (χ1) is 5.74. The van der Waals surface area contributed by atoms with E-state index in [0.717, 1.165) is 19.5 Å². The molecule has 0 aromatic rings. The first-order valence-electron chi connectivity index (χ1n) is 4.28. The van der Waals surface area contributed by atoms with Crippen LogP contribution in [-0.2, 0) is 9.53 Å². The first-order valence-corrected chi connectivity index (χ1v) is 4.28. The van der Waals surface area contributed by atoms with Gasteiger partial charge in [-0.2, -0.15) is 0 Å². The number of rotatable bonds is 3. The Kier molecular flexibility index (Phi) is 3.49. The molecule has 1 aliphatic heterocycles. The highest BCUT2D eigenvalue weighted by atomic mass is 16.5. The quantitative estimate of drug-likeness (QED) is 0.563. The Bertz CT molecular complexity index is 155. The number of esters is 1. The van der Waals surface area contributed by atoms with Crippen molar-refractivity contribution < 1.29 is 9.53 Å². The number of nitrogens with one attached hydrogen (secondary N) is 2. The van der Waals surface area contributed by atoms with E-state index in [0.29, 0.717) is 6.04 Å². The Morgan fingerprint density at radius 1 is 1.75 bits per heavy atom. The standard InChI is InChI=1S/C8H16N2O2/c1-6(8(11)12-2)10-7-3-4-9-5-7/h6-7,9-10H,3-5H2,1-2H3. The topological polar surface area (TPSA) is 50.4 Å². The Morgan fingerprint density at radius 3 is 3.00 bits per heavy atom. The van der Waals surface area contributed by atoms with Gasteiger partial charge in [-0.3, -0.25) is 4.79 Å². The maximum absolute atomic E-state index is 11.0. The first kappa shape index (κ1) is 9.48. The predicted molar refractivity (Wildman–Crippen MR) is 45.9 cm³/mol. The van der Waals surface area contributed by atoms with Crippen LogP contribution >= 0.6 is 0 Å². The van der Waals surface area contributed by atoms with Crippen LogP contribution in [0, 0.1) is 0 Å². The lowest BCUT2D eigenvalue weighted by molar-refractivity contribution is -0.142. The minimum Gasteiger partial charge on any atom is -0.468 e. The lowest BCUT2D eigenvalue weighted by atomic mass is 10.2. The molecule has 2 N–H and O–H groups in total. The molecule has 0 radical (unpaired) electrons. The summed E-state index contributed by atoms with van der Waals surface area (Å²) >= 11 is 0. The van der Waals surface area contributed by atoms with Gasteiger partial charge < -0.3 is 15.4 Å². The third kappa shape index (κ3) is 2.46. The molecule has 4 nitrogen and oxygen atoms in total. The van der Waals surface area contributed by atoms with Gasteiger partial charge in [0, 0.05) is 12.6 Å². The average Bonchev–Trinajstić information content (AvgIpc) is 2.55. The molecule has 2 atom stereocenters. The van der Waals surface area contributed by atoms with E-state index in [1.54, 1.807) is 0 Å². The second-order valence-electron chi connectivity index (χ2n) is 3.10. The maximum Gasteiger partial charge on any atom is 0.322 e. The van der Waals surface area contributed by atoms with Crippen LogP contribution in [0.1, 0.15) is 13.3 Å². The number of ether oxygens (including phenoxy) is 1. The van der Waals surface area contributed by atoms with E-state index in [-0.39, 0.29) is 12.0 Å². The summed E-state index contributed by atoms with van der Waals surface area (Å²) in [5, 5.41) is 6.41. The normalized spacial score (nSPS) is 25.3. The van der Waals surface area contributed by atoms with E-state index >= 15 is 0 Å². The Hall–Kier alpha value is -0.610. The summed E-state index contributed by atoms with van der Waals surface area (Å²) in [5.74, 6) is -0.193. The second kappa shape index (κ2) is 4.42. The van der Waals surface area contributed by atoms with Crippen LogP contribution in [0.25, 0.3) is 0 Å². The van der Waals surface area contributed by atoms with Crippen molar-refractivity contribution in [1.82, 2.24) is 10.6 Å². The predicted octanol–water partition coefficient (Wildman–Crippen LogP) is -0.501. The Morgan fingerprint density at radius 2 is 2.50 bits per heavy atom. The van der Waals surface area contributed by atoms with Crippen molar-refractivity contribution in [3.05, 3.63) is 0 Å². The minimum atomic E-state index is -0.195. The van der Waals surface area contributed by atoms with Gasteiger partial charge >= 0.3 is 5.97 Å². The van der Waals surface area contributed by atoms with Crippen LogP contribution in [0.5, 0.6) is 0 Å². The molecule has 12 heavy (non-hydrogen) atoms. The molecule has 0 aliphatic carbocycles. The zero-order chi connectivity index (χ0) is 8.97. The van der Waals surface area contributed by atoms with Gasteiger partial charge in [-0.15, -0.1) is 0 Å². The summed E-state index contributed by atoms with van der Waals surface area (Å²) in [4.78, 5) is 11.0. The van der Waals surface area contributed by atoms with Gasteiger partial charge in [-0.05, 0) is 19.9 Å². The third-order valence-corrected chi connectivity index (χ3v) is 2.10. The van der Waals surface area contributed by atoms with Crippen molar-refractivity contribution >= 4 is 5.97 Å². The maximum atomic E-state index is 11.0. The van der Waals surface area contributed by atoms with Gasteiger partial charge in [0.25, 0.3) is 0 Å². The smallest absolute Gasteiger partial charge is 0.322 e. The van der Waals surface area contributed by atoms with E-state index in [1.807, 2.05) is 6.92 Å². The zero-order valence-corrected chi connectivity index (χ0v) is 7.59. The van der Waals surface area contributed by atoms with Crippen molar-refractivity contribution in [3.63, 3.8) is 0 Å². The summed E-state index contributed by atoms with van der Waals surface area (Å²) in [6.45, 7) is 3.80. The molecule has 2 unspecified atom stereocenters. The van der Waals surface area contributed by atoms with Crippen molar-refractivity contribution in [2.75, 3.05) is 20.2 Å². The van der Waals surface area contributed by atoms with E-state index in [4.69, 9.17) is 0 Å². The molecule has 0 aromatic carbocycles. The fraction of sp³-hybridized carbons (Fsp3) is 0.875. The molecule has 4 heteroatoms. The summed E-state index contributed by atoms with van der Waals surface area (Å²) in [5.41, 5.74) is 0. The van der Waals surface area contributed by atoms with Crippen molar-refractivity contribution in [3.8, 4) is 0 Å². The molecule has 1 saturated heterocycles. The molecule has 1 fully saturated rings. The summed E-state index contributed by atoms with van der Waals surface area (Å²) in [7, 11) is 1.41. The second-order valence-corrected chi connectivity index (χ2v) is 3.10. The van der Waals surface area contributed by atoms with Crippen LogP contribution < -0.4 is 10.6 Å². The Balaban J connectivity index is 2.24. The van der Waals surface area contributed by atoms with Gasteiger partial charge in [-0.25, -0.2) is 0 Å². The number of carbonyl (C=O) groups excluding carboxylic acids is 1. The summed E-state index contributed by atoms with van der Waals surface area (Å²) < 4.78 is 4.60. The molecule has 1 aliphatic rings. The Labute approximate surface area is 72.7 Å². The minimum absolute atomic E-state index is 0.193. The molecule has 0 amide bonds. The number of carbonyl (C=O) groups is 1. The van der Waals surface area contributed by atoms with Crippen LogP contribution in [0.2, 0.25) is 0 Å². The van der Waals surface area contributed by atoms with Gasteiger partial charge in [0.05, 0.1) is 7.11 Å². The lowest BCUT2D eigenvalue weighted by Crippen LogP contribution is -2.42. The molecule has 0 bridgehead atoms. The number of hydrogen-bond donors (Lipinski definition) is 2. The van der Waals surface area contributed by atoms with Crippen LogP contribution in [-0.4, -0.2) is 38.3 Å². The number of methoxy groups -OCH3 is 1.